The van der Waals surface area contributed by atoms with Crippen molar-refractivity contribution in [3.05, 3.63) is 59.9 Å². The van der Waals surface area contributed by atoms with E-state index in [0.717, 1.165) is 67.2 Å². The molecule has 0 radical (unpaired) electrons. The lowest BCUT2D eigenvalue weighted by Gasteiger charge is -2.26. The van der Waals surface area contributed by atoms with Gasteiger partial charge < -0.3 is 4.74 Å². The van der Waals surface area contributed by atoms with E-state index in [2.05, 4.69) is 20.1 Å². The van der Waals surface area contributed by atoms with Crippen molar-refractivity contribution in [3.63, 3.8) is 0 Å². The molecule has 0 unspecified atom stereocenters. The third kappa shape index (κ3) is 5.30. The molecule has 0 spiro atoms. The third-order valence-electron chi connectivity index (χ3n) is 5.80. The molecular formula is C23H25ClN6O3S. The van der Waals surface area contributed by atoms with Gasteiger partial charge in [0.05, 0.1) is 49.1 Å². The van der Waals surface area contributed by atoms with Gasteiger partial charge in [0, 0.05) is 55.0 Å². The van der Waals surface area contributed by atoms with E-state index in [4.69, 9.17) is 16.3 Å². The maximum Gasteiger partial charge on any atom is 0.153 e. The fourth-order valence-electron chi connectivity index (χ4n) is 4.13. The highest BCUT2D eigenvalue weighted by Gasteiger charge is 2.14. The molecule has 4 aromatic heterocycles. The smallest absolute Gasteiger partial charge is 0.153 e. The monoisotopic (exact) mass is 500 g/mol. The summed E-state index contributed by atoms with van der Waals surface area (Å²) in [7, 11) is -3.23. The summed E-state index contributed by atoms with van der Waals surface area (Å²) in [6.07, 6.45) is 8.80. The zero-order chi connectivity index (χ0) is 23.7. The van der Waals surface area contributed by atoms with E-state index in [0.29, 0.717) is 5.69 Å². The van der Waals surface area contributed by atoms with E-state index in [1.165, 1.54) is 6.26 Å². The molecular weight excluding hydrogens is 476 g/mol. The number of ether oxygens (including phenoxy) is 1. The molecule has 5 heterocycles. The first-order valence-electron chi connectivity index (χ1n) is 11.0. The second-order valence-corrected chi connectivity index (χ2v) is 11.0. The van der Waals surface area contributed by atoms with Crippen LogP contribution in [0.3, 0.4) is 0 Å². The zero-order valence-corrected chi connectivity index (χ0v) is 20.3. The van der Waals surface area contributed by atoms with Gasteiger partial charge in [-0.2, -0.15) is 10.2 Å². The van der Waals surface area contributed by atoms with Gasteiger partial charge in [0.25, 0.3) is 0 Å². The molecule has 0 bridgehead atoms. The van der Waals surface area contributed by atoms with Crippen LogP contribution in [0.1, 0.15) is 5.69 Å². The number of hydrogen-bond acceptors (Lipinski definition) is 7. The summed E-state index contributed by atoms with van der Waals surface area (Å²) in [6, 6.07) is 7.49. The van der Waals surface area contributed by atoms with Crippen LogP contribution in [0.5, 0.6) is 0 Å². The molecule has 1 fully saturated rings. The van der Waals surface area contributed by atoms with E-state index in [1.54, 1.807) is 22.8 Å². The lowest BCUT2D eigenvalue weighted by Crippen LogP contribution is -2.38. The number of halogens is 1. The van der Waals surface area contributed by atoms with Crippen LogP contribution in [0.4, 0.5) is 0 Å². The Labute approximate surface area is 202 Å². The van der Waals surface area contributed by atoms with E-state index in [-0.39, 0.29) is 10.9 Å². The van der Waals surface area contributed by atoms with Gasteiger partial charge in [0.15, 0.2) is 9.84 Å². The number of fused-ring (bicyclic) bond motifs is 1. The van der Waals surface area contributed by atoms with Crippen molar-refractivity contribution in [2.24, 2.45) is 0 Å². The molecule has 0 atom stereocenters. The molecule has 5 rings (SSSR count). The van der Waals surface area contributed by atoms with Gasteiger partial charge in [-0.15, -0.1) is 0 Å². The Morgan fingerprint density at radius 3 is 2.62 bits per heavy atom. The average molecular weight is 501 g/mol. The highest BCUT2D eigenvalue weighted by atomic mass is 35.5. The number of nitrogens with zero attached hydrogens (tertiary/aromatic N) is 6. The van der Waals surface area contributed by atoms with Crippen molar-refractivity contribution < 1.29 is 13.2 Å². The molecule has 0 aliphatic carbocycles. The molecule has 1 aliphatic rings. The van der Waals surface area contributed by atoms with Crippen LogP contribution in [0, 0.1) is 0 Å². The predicted octanol–water partition coefficient (Wildman–Crippen LogP) is 2.79. The summed E-state index contributed by atoms with van der Waals surface area (Å²) < 4.78 is 32.6. The maximum absolute atomic E-state index is 11.7. The third-order valence-corrected chi connectivity index (χ3v) is 6.81. The van der Waals surface area contributed by atoms with Crippen molar-refractivity contribution in [1.29, 1.82) is 0 Å². The summed E-state index contributed by atoms with van der Waals surface area (Å²) >= 11 is 6.18. The number of morpholine rings is 1. The Morgan fingerprint density at radius 2 is 1.82 bits per heavy atom. The second-order valence-electron chi connectivity index (χ2n) is 8.49. The SMILES string of the molecule is CS(=O)(=O)Cc1cc(-c2cnn3cc(-c4cnn(CCN5CCOCC5)c4)ccc23)cc(Cl)n1. The first-order chi connectivity index (χ1) is 16.3. The molecule has 1 aliphatic heterocycles. The molecule has 0 amide bonds. The summed E-state index contributed by atoms with van der Waals surface area (Å²) in [6.45, 7) is 5.28. The Morgan fingerprint density at radius 1 is 1.00 bits per heavy atom. The standard InChI is InChI=1S/C23H25ClN6O3S/c1-34(31,32)16-20-10-18(11-23(24)27-20)21-13-26-30-15-17(2-3-22(21)30)19-12-25-29(14-19)5-4-28-6-8-33-9-7-28/h2-3,10-15H,4-9,16H2,1H3. The van der Waals surface area contributed by atoms with Crippen molar-refractivity contribution in [1.82, 2.24) is 29.3 Å². The Balaban J connectivity index is 1.37. The number of pyridine rings is 2. The largest absolute Gasteiger partial charge is 0.379 e. The quantitative estimate of drug-likeness (QED) is 0.360. The summed E-state index contributed by atoms with van der Waals surface area (Å²) in [5.41, 5.74) is 4.94. The van der Waals surface area contributed by atoms with Gasteiger partial charge in [-0.3, -0.25) is 9.58 Å². The molecule has 1 saturated heterocycles. The van der Waals surface area contributed by atoms with Gasteiger partial charge in [-0.05, 0) is 23.8 Å². The predicted molar refractivity (Wildman–Crippen MR) is 130 cm³/mol. The van der Waals surface area contributed by atoms with Crippen molar-refractivity contribution in [2.75, 3.05) is 39.1 Å². The minimum atomic E-state index is -3.23. The summed E-state index contributed by atoms with van der Waals surface area (Å²) in [5, 5.41) is 9.27. The molecule has 4 aromatic rings. The Bertz CT molecular complexity index is 1430. The highest BCUT2D eigenvalue weighted by molar-refractivity contribution is 7.89. The number of rotatable bonds is 7. The van der Waals surface area contributed by atoms with Crippen molar-refractivity contribution in [3.8, 4) is 22.3 Å². The fraction of sp³-hybridized carbons (Fsp3) is 0.348. The Hall–Kier alpha value is -2.79. The number of aromatic nitrogens is 5. The second kappa shape index (κ2) is 9.46. The first kappa shape index (κ1) is 23.0. The van der Waals surface area contributed by atoms with Gasteiger partial charge in [-0.1, -0.05) is 17.7 Å². The lowest BCUT2D eigenvalue weighted by atomic mass is 10.1. The molecule has 11 heteroatoms. The summed E-state index contributed by atoms with van der Waals surface area (Å²) in [4.78, 5) is 6.53. The van der Waals surface area contributed by atoms with Crippen LogP contribution in [-0.2, 0) is 26.9 Å². The van der Waals surface area contributed by atoms with E-state index >= 15 is 0 Å². The minimum Gasteiger partial charge on any atom is -0.379 e. The highest BCUT2D eigenvalue weighted by Crippen LogP contribution is 2.29. The number of hydrogen-bond donors (Lipinski definition) is 0. The van der Waals surface area contributed by atoms with Crippen LogP contribution >= 0.6 is 11.6 Å². The molecule has 0 aromatic carbocycles. The van der Waals surface area contributed by atoms with Gasteiger partial charge >= 0.3 is 0 Å². The molecule has 34 heavy (non-hydrogen) atoms. The minimum absolute atomic E-state index is 0.167. The van der Waals surface area contributed by atoms with Gasteiger partial charge in [-0.25, -0.2) is 17.9 Å². The van der Waals surface area contributed by atoms with Crippen LogP contribution in [0.25, 0.3) is 27.8 Å². The van der Waals surface area contributed by atoms with E-state index < -0.39 is 9.84 Å². The van der Waals surface area contributed by atoms with Crippen LogP contribution in [0.15, 0.2) is 49.1 Å². The molecule has 178 valence electrons. The first-order valence-corrected chi connectivity index (χ1v) is 13.4. The van der Waals surface area contributed by atoms with Crippen molar-refractivity contribution >= 4 is 27.0 Å². The van der Waals surface area contributed by atoms with Crippen molar-refractivity contribution in [2.45, 2.75) is 12.3 Å². The van der Waals surface area contributed by atoms with Crippen LogP contribution in [0.2, 0.25) is 5.15 Å². The maximum atomic E-state index is 11.7. The number of sulfone groups is 1. The van der Waals surface area contributed by atoms with Gasteiger partial charge in [0.2, 0.25) is 0 Å². The average Bonchev–Trinajstić information content (AvgIpc) is 3.43. The van der Waals surface area contributed by atoms with E-state index in [9.17, 15) is 8.42 Å². The zero-order valence-electron chi connectivity index (χ0n) is 18.8. The van der Waals surface area contributed by atoms with Crippen LogP contribution < -0.4 is 0 Å². The normalized spacial score (nSPS) is 15.2. The molecule has 9 nitrogen and oxygen atoms in total. The molecule has 0 saturated carbocycles. The molecule has 0 N–H and O–H groups in total. The van der Waals surface area contributed by atoms with E-state index in [1.807, 2.05) is 35.4 Å². The van der Waals surface area contributed by atoms with Gasteiger partial charge in [0.1, 0.15) is 5.15 Å². The lowest BCUT2D eigenvalue weighted by molar-refractivity contribution is 0.0360. The Kier molecular flexibility index (Phi) is 6.39. The topological polar surface area (TPSA) is 94.6 Å². The van der Waals surface area contributed by atoms with Crippen LogP contribution in [-0.4, -0.2) is 76.8 Å². The fourth-order valence-corrected chi connectivity index (χ4v) is 5.04. The summed E-state index contributed by atoms with van der Waals surface area (Å²) in [5.74, 6) is -0.167.